The topological polar surface area (TPSA) is 76.1 Å². The highest BCUT2D eigenvalue weighted by Gasteiger charge is 2.36. The van der Waals surface area contributed by atoms with Gasteiger partial charge in [0.2, 0.25) is 0 Å². The van der Waals surface area contributed by atoms with E-state index in [-0.39, 0.29) is 25.7 Å². The third-order valence-corrected chi connectivity index (χ3v) is 4.03. The third-order valence-electron chi connectivity index (χ3n) is 4.03. The molecule has 0 aliphatic carbocycles. The second-order valence-corrected chi connectivity index (χ2v) is 5.67. The van der Waals surface area contributed by atoms with Crippen molar-refractivity contribution in [1.82, 2.24) is 0 Å². The Hall–Kier alpha value is -2.86. The average molecular weight is 341 g/mol. The molecule has 0 saturated heterocycles. The smallest absolute Gasteiger partial charge is 0.312 e. The van der Waals surface area contributed by atoms with E-state index in [1.165, 1.54) is 4.90 Å². The summed E-state index contributed by atoms with van der Waals surface area (Å²) in [6.07, 6.45) is 0. The molecular formula is C19H19NO5. The molecule has 0 spiro atoms. The number of carboxylic acids is 1. The molecule has 0 bridgehead atoms. The molecule has 25 heavy (non-hydrogen) atoms. The van der Waals surface area contributed by atoms with Crippen LogP contribution in [0.1, 0.15) is 11.5 Å². The van der Waals surface area contributed by atoms with Gasteiger partial charge >= 0.3 is 5.97 Å². The van der Waals surface area contributed by atoms with Gasteiger partial charge in [0.05, 0.1) is 6.61 Å². The lowest BCUT2D eigenvalue weighted by atomic mass is 10.0. The summed E-state index contributed by atoms with van der Waals surface area (Å²) in [5.41, 5.74) is 1.31. The molecule has 2 aromatic carbocycles. The van der Waals surface area contributed by atoms with E-state index in [0.29, 0.717) is 17.9 Å². The van der Waals surface area contributed by atoms with Crippen molar-refractivity contribution in [2.24, 2.45) is 0 Å². The van der Waals surface area contributed by atoms with Crippen LogP contribution in [0.5, 0.6) is 5.75 Å². The van der Waals surface area contributed by atoms with Crippen molar-refractivity contribution in [3.05, 3.63) is 60.2 Å². The van der Waals surface area contributed by atoms with Gasteiger partial charge in [-0.05, 0) is 23.8 Å². The van der Waals surface area contributed by atoms with E-state index in [9.17, 15) is 14.7 Å². The zero-order valence-corrected chi connectivity index (χ0v) is 13.6. The fourth-order valence-corrected chi connectivity index (χ4v) is 2.83. The summed E-state index contributed by atoms with van der Waals surface area (Å²) in [6, 6.07) is 16.4. The van der Waals surface area contributed by atoms with E-state index >= 15 is 0 Å². The summed E-state index contributed by atoms with van der Waals surface area (Å²) >= 11 is 0. The number of rotatable bonds is 7. The number of para-hydroxylation sites is 2. The predicted octanol–water partition coefficient (Wildman–Crippen LogP) is 2.30. The van der Waals surface area contributed by atoms with Gasteiger partial charge in [-0.2, -0.15) is 0 Å². The van der Waals surface area contributed by atoms with E-state index in [1.54, 1.807) is 24.3 Å². The van der Waals surface area contributed by atoms with Crippen LogP contribution in [0.15, 0.2) is 54.6 Å². The lowest BCUT2D eigenvalue weighted by Gasteiger charge is -2.17. The fraction of sp³-hybridized carbons (Fsp3) is 0.263. The van der Waals surface area contributed by atoms with Crippen LogP contribution in [0.4, 0.5) is 5.69 Å². The van der Waals surface area contributed by atoms with Crippen LogP contribution in [0, 0.1) is 0 Å². The van der Waals surface area contributed by atoms with Crippen molar-refractivity contribution in [2.75, 3.05) is 31.3 Å². The van der Waals surface area contributed by atoms with Crippen molar-refractivity contribution in [3.8, 4) is 5.75 Å². The number of hydrogen-bond donors (Lipinski definition) is 1. The highest BCUT2D eigenvalue weighted by atomic mass is 16.5. The number of carboxylic acid groups (broad SMARTS) is 1. The minimum Gasteiger partial charge on any atom is -0.491 e. The molecule has 0 aromatic heterocycles. The minimum atomic E-state index is -0.931. The van der Waals surface area contributed by atoms with Crippen LogP contribution >= 0.6 is 0 Å². The van der Waals surface area contributed by atoms with Gasteiger partial charge in [0.15, 0.2) is 0 Å². The second-order valence-electron chi connectivity index (χ2n) is 5.67. The van der Waals surface area contributed by atoms with Crippen LogP contribution in [-0.2, 0) is 14.3 Å². The molecule has 1 heterocycles. The Kier molecular flexibility index (Phi) is 5.30. The first-order chi connectivity index (χ1) is 12.2. The lowest BCUT2D eigenvalue weighted by Crippen LogP contribution is -2.34. The summed E-state index contributed by atoms with van der Waals surface area (Å²) in [5, 5.41) is 9.33. The van der Waals surface area contributed by atoms with Gasteiger partial charge in [-0.1, -0.05) is 36.4 Å². The normalized spacial score (nSPS) is 15.7. The molecule has 1 N–H and O–H groups in total. The van der Waals surface area contributed by atoms with E-state index in [4.69, 9.17) is 9.47 Å². The maximum Gasteiger partial charge on any atom is 0.312 e. The summed E-state index contributed by atoms with van der Waals surface area (Å²) in [5.74, 6) is -1.13. The number of fused-ring (bicyclic) bond motifs is 1. The fourth-order valence-electron chi connectivity index (χ4n) is 2.83. The predicted molar refractivity (Wildman–Crippen MR) is 91.9 cm³/mol. The zero-order chi connectivity index (χ0) is 17.6. The number of anilines is 1. The largest absolute Gasteiger partial charge is 0.491 e. The molecule has 6 nitrogen and oxygen atoms in total. The number of nitrogens with zero attached hydrogens (tertiary/aromatic N) is 1. The SMILES string of the molecule is O=C(O)C1CN(C(=O)COCCOc2ccccc2)c2ccccc21. The van der Waals surface area contributed by atoms with E-state index in [0.717, 1.165) is 5.75 Å². The summed E-state index contributed by atoms with van der Waals surface area (Å²) in [7, 11) is 0. The van der Waals surface area contributed by atoms with Crippen LogP contribution in [0.25, 0.3) is 0 Å². The van der Waals surface area contributed by atoms with Crippen LogP contribution < -0.4 is 9.64 Å². The lowest BCUT2D eigenvalue weighted by molar-refractivity contribution is -0.138. The number of hydrogen-bond acceptors (Lipinski definition) is 4. The highest BCUT2D eigenvalue weighted by Crippen LogP contribution is 2.36. The molecule has 1 aliphatic rings. The number of aliphatic carboxylic acids is 1. The molecule has 130 valence electrons. The van der Waals surface area contributed by atoms with Crippen molar-refractivity contribution < 1.29 is 24.2 Å². The van der Waals surface area contributed by atoms with Gasteiger partial charge in [-0.25, -0.2) is 0 Å². The van der Waals surface area contributed by atoms with Gasteiger partial charge < -0.3 is 19.5 Å². The minimum absolute atomic E-state index is 0.112. The average Bonchev–Trinajstić information content (AvgIpc) is 3.02. The number of carbonyl (C=O) groups is 2. The maximum absolute atomic E-state index is 12.4. The van der Waals surface area contributed by atoms with Gasteiger partial charge in [0.25, 0.3) is 5.91 Å². The van der Waals surface area contributed by atoms with Crippen LogP contribution in [0.2, 0.25) is 0 Å². The Balaban J connectivity index is 1.49. The van der Waals surface area contributed by atoms with E-state index in [2.05, 4.69) is 0 Å². The molecule has 2 aromatic rings. The zero-order valence-electron chi connectivity index (χ0n) is 13.6. The summed E-state index contributed by atoms with van der Waals surface area (Å²) in [6.45, 7) is 0.639. The van der Waals surface area contributed by atoms with Gasteiger partial charge in [-0.3, -0.25) is 9.59 Å². The van der Waals surface area contributed by atoms with Crippen molar-refractivity contribution in [1.29, 1.82) is 0 Å². The molecule has 1 amide bonds. The summed E-state index contributed by atoms with van der Waals surface area (Å²) < 4.78 is 10.9. The number of amides is 1. The molecule has 0 radical (unpaired) electrons. The Morgan fingerprint density at radius 1 is 1.04 bits per heavy atom. The van der Waals surface area contributed by atoms with E-state index < -0.39 is 11.9 Å². The first kappa shape index (κ1) is 17.0. The van der Waals surface area contributed by atoms with Crippen LogP contribution in [-0.4, -0.2) is 43.3 Å². The molecule has 1 unspecified atom stereocenters. The first-order valence-electron chi connectivity index (χ1n) is 8.04. The molecule has 1 atom stereocenters. The van der Waals surface area contributed by atoms with Gasteiger partial charge in [-0.15, -0.1) is 0 Å². The van der Waals surface area contributed by atoms with E-state index in [1.807, 2.05) is 30.3 Å². The first-order valence-corrected chi connectivity index (χ1v) is 8.04. The molecule has 3 rings (SSSR count). The molecule has 0 saturated carbocycles. The highest BCUT2D eigenvalue weighted by molar-refractivity contribution is 5.99. The summed E-state index contributed by atoms with van der Waals surface area (Å²) in [4.78, 5) is 25.2. The number of benzene rings is 2. The molecule has 6 heteroatoms. The van der Waals surface area contributed by atoms with Crippen LogP contribution in [0.3, 0.4) is 0 Å². The van der Waals surface area contributed by atoms with Crippen molar-refractivity contribution in [3.63, 3.8) is 0 Å². The molecule has 1 aliphatic heterocycles. The Morgan fingerprint density at radius 2 is 1.76 bits per heavy atom. The Labute approximate surface area is 145 Å². The van der Waals surface area contributed by atoms with Crippen molar-refractivity contribution >= 4 is 17.6 Å². The number of ether oxygens (including phenoxy) is 2. The quantitative estimate of drug-likeness (QED) is 0.782. The Morgan fingerprint density at radius 3 is 2.52 bits per heavy atom. The second kappa shape index (κ2) is 7.81. The number of carbonyl (C=O) groups excluding carboxylic acids is 1. The third kappa shape index (κ3) is 3.97. The standard InChI is InChI=1S/C19H19NO5/c21-18(13-24-10-11-25-14-6-2-1-3-7-14)20-12-16(19(22)23)15-8-4-5-9-17(15)20/h1-9,16H,10-13H2,(H,22,23). The molecule has 0 fully saturated rings. The Bertz CT molecular complexity index is 746. The van der Waals surface area contributed by atoms with Gasteiger partial charge in [0.1, 0.15) is 24.9 Å². The molecular weight excluding hydrogens is 322 g/mol. The maximum atomic E-state index is 12.4. The van der Waals surface area contributed by atoms with Gasteiger partial charge in [0, 0.05) is 12.2 Å². The monoisotopic (exact) mass is 341 g/mol. The van der Waals surface area contributed by atoms with Crippen molar-refractivity contribution in [2.45, 2.75) is 5.92 Å².